The number of rotatable bonds is 8. The predicted molar refractivity (Wildman–Crippen MR) is 88.7 cm³/mol. The molecular weight excluding hydrogens is 294 g/mol. The van der Waals surface area contributed by atoms with Gasteiger partial charge in [-0.1, -0.05) is 19.8 Å². The fourth-order valence-corrected chi connectivity index (χ4v) is 2.77. The summed E-state index contributed by atoms with van der Waals surface area (Å²) in [7, 11) is 0. The van der Waals surface area contributed by atoms with Crippen LogP contribution in [-0.4, -0.2) is 23.6 Å². The van der Waals surface area contributed by atoms with E-state index in [4.69, 9.17) is 4.74 Å². The minimum Gasteiger partial charge on any atom is -0.494 e. The van der Waals surface area contributed by atoms with Crippen LogP contribution in [0.15, 0.2) is 18.2 Å². The van der Waals surface area contributed by atoms with E-state index in [1.54, 1.807) is 0 Å². The third-order valence-corrected chi connectivity index (χ3v) is 4.50. The lowest BCUT2D eigenvalue weighted by Gasteiger charge is -2.36. The molecule has 1 saturated carbocycles. The topological polar surface area (TPSA) is 75.6 Å². The Bertz CT molecular complexity index is 578. The standard InChI is InChI=1S/C18H25NO4/c1-3-4-10-23-14-6-7-15(13(2)11-14)19-16(20)12-18(17(21)22)8-5-9-18/h6-7,11H,3-5,8-10,12H2,1-2H3,(H,19,20)(H,21,22). The summed E-state index contributed by atoms with van der Waals surface area (Å²) in [6, 6.07) is 5.53. The molecule has 1 aromatic carbocycles. The number of hydrogen-bond donors (Lipinski definition) is 2. The molecule has 0 aliphatic heterocycles. The van der Waals surface area contributed by atoms with Gasteiger partial charge in [0.05, 0.1) is 12.0 Å². The van der Waals surface area contributed by atoms with Crippen LogP contribution in [0.1, 0.15) is 51.0 Å². The maximum Gasteiger partial charge on any atom is 0.310 e. The number of carboxylic acid groups (broad SMARTS) is 1. The molecule has 0 saturated heterocycles. The Hall–Kier alpha value is -2.04. The lowest BCUT2D eigenvalue weighted by Crippen LogP contribution is -2.41. The van der Waals surface area contributed by atoms with Crippen molar-refractivity contribution in [2.24, 2.45) is 5.41 Å². The molecule has 0 radical (unpaired) electrons. The molecule has 2 rings (SSSR count). The summed E-state index contributed by atoms with van der Waals surface area (Å²) in [4.78, 5) is 23.5. The van der Waals surface area contributed by atoms with E-state index in [1.807, 2.05) is 25.1 Å². The average Bonchev–Trinajstić information content (AvgIpc) is 2.45. The van der Waals surface area contributed by atoms with Crippen LogP contribution in [0, 0.1) is 12.3 Å². The highest BCUT2D eigenvalue weighted by Crippen LogP contribution is 2.44. The second kappa shape index (κ2) is 7.49. The number of unbranched alkanes of at least 4 members (excludes halogenated alkanes) is 1. The number of aryl methyl sites for hydroxylation is 1. The quantitative estimate of drug-likeness (QED) is 0.715. The molecule has 1 aromatic rings. The molecule has 1 fully saturated rings. The van der Waals surface area contributed by atoms with Gasteiger partial charge in [0.2, 0.25) is 5.91 Å². The number of carbonyl (C=O) groups excluding carboxylic acids is 1. The van der Waals surface area contributed by atoms with Crippen molar-refractivity contribution in [3.05, 3.63) is 23.8 Å². The van der Waals surface area contributed by atoms with Crippen molar-refractivity contribution in [3.63, 3.8) is 0 Å². The Morgan fingerprint density at radius 1 is 1.35 bits per heavy atom. The van der Waals surface area contributed by atoms with Crippen LogP contribution in [0.4, 0.5) is 5.69 Å². The molecule has 5 nitrogen and oxygen atoms in total. The summed E-state index contributed by atoms with van der Waals surface area (Å²) in [5.41, 5.74) is 0.754. The lowest BCUT2D eigenvalue weighted by molar-refractivity contribution is -0.157. The van der Waals surface area contributed by atoms with Gasteiger partial charge in [-0.3, -0.25) is 9.59 Å². The number of amides is 1. The first-order chi connectivity index (χ1) is 11.0. The van der Waals surface area contributed by atoms with Crippen molar-refractivity contribution in [3.8, 4) is 5.75 Å². The second-order valence-corrected chi connectivity index (χ2v) is 6.34. The highest BCUT2D eigenvalue weighted by molar-refractivity contribution is 5.95. The fourth-order valence-electron chi connectivity index (χ4n) is 2.77. The van der Waals surface area contributed by atoms with Gasteiger partial charge in [-0.15, -0.1) is 0 Å². The van der Waals surface area contributed by atoms with E-state index < -0.39 is 11.4 Å². The molecule has 0 bridgehead atoms. The van der Waals surface area contributed by atoms with Crippen LogP contribution in [0.3, 0.4) is 0 Å². The summed E-state index contributed by atoms with van der Waals surface area (Å²) in [6.07, 6.45) is 4.17. The molecule has 1 aliphatic carbocycles. The normalized spacial score (nSPS) is 15.6. The van der Waals surface area contributed by atoms with Crippen molar-refractivity contribution in [1.82, 2.24) is 0 Å². The monoisotopic (exact) mass is 319 g/mol. The Morgan fingerprint density at radius 3 is 2.61 bits per heavy atom. The summed E-state index contributed by atoms with van der Waals surface area (Å²) in [6.45, 7) is 4.70. The van der Waals surface area contributed by atoms with Crippen LogP contribution >= 0.6 is 0 Å². The first-order valence-corrected chi connectivity index (χ1v) is 8.23. The molecular formula is C18H25NO4. The molecule has 126 valence electrons. The number of nitrogens with one attached hydrogen (secondary N) is 1. The molecule has 0 aromatic heterocycles. The predicted octanol–water partition coefficient (Wildman–Crippen LogP) is 3.76. The second-order valence-electron chi connectivity index (χ2n) is 6.34. The zero-order valence-electron chi connectivity index (χ0n) is 13.9. The van der Waals surface area contributed by atoms with E-state index >= 15 is 0 Å². The molecule has 2 N–H and O–H groups in total. The fraction of sp³-hybridized carbons (Fsp3) is 0.556. The van der Waals surface area contributed by atoms with E-state index in [-0.39, 0.29) is 12.3 Å². The molecule has 23 heavy (non-hydrogen) atoms. The van der Waals surface area contributed by atoms with Crippen LogP contribution < -0.4 is 10.1 Å². The highest BCUT2D eigenvalue weighted by atomic mass is 16.5. The number of aliphatic carboxylic acids is 1. The summed E-state index contributed by atoms with van der Waals surface area (Å²) in [5.74, 6) is -0.319. The Balaban J connectivity index is 1.94. The molecule has 1 amide bonds. The largest absolute Gasteiger partial charge is 0.494 e. The van der Waals surface area contributed by atoms with Gasteiger partial charge in [0.15, 0.2) is 0 Å². The van der Waals surface area contributed by atoms with Crippen molar-refractivity contribution < 1.29 is 19.4 Å². The van der Waals surface area contributed by atoms with Gasteiger partial charge in [0.1, 0.15) is 5.75 Å². The summed E-state index contributed by atoms with van der Waals surface area (Å²) < 4.78 is 5.64. The Morgan fingerprint density at radius 2 is 2.09 bits per heavy atom. The van der Waals surface area contributed by atoms with Crippen molar-refractivity contribution in [1.29, 1.82) is 0 Å². The van der Waals surface area contributed by atoms with Gasteiger partial charge in [0.25, 0.3) is 0 Å². The molecule has 0 heterocycles. The molecule has 0 spiro atoms. The zero-order valence-corrected chi connectivity index (χ0v) is 13.9. The first kappa shape index (κ1) is 17.3. The van der Waals surface area contributed by atoms with Crippen molar-refractivity contribution >= 4 is 17.6 Å². The SMILES string of the molecule is CCCCOc1ccc(NC(=O)CC2(C(=O)O)CCC2)c(C)c1. The third-order valence-electron chi connectivity index (χ3n) is 4.50. The van der Waals surface area contributed by atoms with Gasteiger partial charge < -0.3 is 15.2 Å². The number of benzene rings is 1. The van der Waals surface area contributed by atoms with Gasteiger partial charge in [-0.2, -0.15) is 0 Å². The number of anilines is 1. The Labute approximate surface area is 137 Å². The van der Waals surface area contributed by atoms with Crippen molar-refractivity contribution in [2.45, 2.75) is 52.4 Å². The number of carbonyl (C=O) groups is 2. The molecule has 1 aliphatic rings. The molecule has 0 unspecified atom stereocenters. The molecule has 5 heteroatoms. The van der Waals surface area contributed by atoms with Gasteiger partial charge in [-0.05, 0) is 49.9 Å². The number of hydrogen-bond acceptors (Lipinski definition) is 3. The van der Waals surface area contributed by atoms with E-state index in [0.717, 1.165) is 30.6 Å². The minimum absolute atomic E-state index is 0.0382. The van der Waals surface area contributed by atoms with Crippen LogP contribution in [-0.2, 0) is 9.59 Å². The van der Waals surface area contributed by atoms with E-state index in [1.165, 1.54) is 0 Å². The van der Waals surface area contributed by atoms with Gasteiger partial charge >= 0.3 is 5.97 Å². The minimum atomic E-state index is -0.865. The zero-order chi connectivity index (χ0) is 16.9. The van der Waals surface area contributed by atoms with Crippen molar-refractivity contribution in [2.75, 3.05) is 11.9 Å². The summed E-state index contributed by atoms with van der Waals surface area (Å²) >= 11 is 0. The number of carboxylic acids is 1. The highest BCUT2D eigenvalue weighted by Gasteiger charge is 2.45. The number of ether oxygens (including phenoxy) is 1. The van der Waals surface area contributed by atoms with E-state index in [9.17, 15) is 14.7 Å². The molecule has 0 atom stereocenters. The first-order valence-electron chi connectivity index (χ1n) is 8.23. The van der Waals surface area contributed by atoms with Gasteiger partial charge in [-0.25, -0.2) is 0 Å². The lowest BCUT2D eigenvalue weighted by atomic mass is 9.66. The maximum atomic E-state index is 12.2. The van der Waals surface area contributed by atoms with Gasteiger partial charge in [0, 0.05) is 12.1 Å². The van der Waals surface area contributed by atoms with Crippen LogP contribution in [0.5, 0.6) is 5.75 Å². The summed E-state index contributed by atoms with van der Waals surface area (Å²) in [5, 5.41) is 12.1. The third kappa shape index (κ3) is 4.24. The maximum absolute atomic E-state index is 12.2. The average molecular weight is 319 g/mol. The van der Waals surface area contributed by atoms with E-state index in [2.05, 4.69) is 12.2 Å². The van der Waals surface area contributed by atoms with E-state index in [0.29, 0.717) is 25.1 Å². The smallest absolute Gasteiger partial charge is 0.310 e. The van der Waals surface area contributed by atoms with Crippen LogP contribution in [0.2, 0.25) is 0 Å². The van der Waals surface area contributed by atoms with Crippen LogP contribution in [0.25, 0.3) is 0 Å². The Kier molecular flexibility index (Phi) is 5.64.